The number of H-pyrrole nitrogens is 2. The van der Waals surface area contributed by atoms with Crippen molar-refractivity contribution in [3.63, 3.8) is 0 Å². The van der Waals surface area contributed by atoms with Gasteiger partial charge in [-0.25, -0.2) is 0 Å². The van der Waals surface area contributed by atoms with Gasteiger partial charge in [0, 0.05) is 11.1 Å². The number of aromatic nitrogens is 2. The molecule has 0 unspecified atom stereocenters. The normalized spacial score (nSPS) is 10.2. The maximum absolute atomic E-state index is 6.21. The number of benzene rings is 2. The molecule has 0 atom stereocenters. The minimum Gasteiger partial charge on any atom is -0.331 e. The third kappa shape index (κ3) is 2.55. The number of hydrogen-bond donors (Lipinski definition) is 2. The van der Waals surface area contributed by atoms with Crippen LogP contribution in [0.5, 0.6) is 0 Å². The molecule has 3 rings (SSSR count). The van der Waals surface area contributed by atoms with Crippen LogP contribution in [0.1, 0.15) is 11.1 Å². The van der Waals surface area contributed by atoms with E-state index in [1.54, 1.807) is 0 Å². The summed E-state index contributed by atoms with van der Waals surface area (Å²) in [6.07, 6.45) is 0. The van der Waals surface area contributed by atoms with E-state index in [0.29, 0.717) is 9.79 Å². The van der Waals surface area contributed by atoms with Gasteiger partial charge in [0.25, 0.3) is 0 Å². The lowest BCUT2D eigenvalue weighted by Gasteiger charge is -1.96. The van der Waals surface area contributed by atoms with Gasteiger partial charge in [0.2, 0.25) is 0 Å². The molecule has 1 aromatic heterocycles. The van der Waals surface area contributed by atoms with Crippen molar-refractivity contribution >= 4 is 34.9 Å². The number of nitrogens with one attached hydrogen (secondary N) is 2. The second kappa shape index (κ2) is 4.93. The standard InChI is InChI=1S/C15H9ClN2S/c16-12-9-14-13(17-15(19)18-14)8-11(12)7-6-10-4-2-1-3-5-10/h1-5,8-9H,(H2,17,18,19). The number of aromatic amines is 2. The van der Waals surface area contributed by atoms with Crippen molar-refractivity contribution in [2.45, 2.75) is 0 Å². The van der Waals surface area contributed by atoms with E-state index in [9.17, 15) is 0 Å². The Morgan fingerprint density at radius 2 is 1.63 bits per heavy atom. The molecule has 0 radical (unpaired) electrons. The first kappa shape index (κ1) is 12.0. The summed E-state index contributed by atoms with van der Waals surface area (Å²) in [5, 5.41) is 0.612. The smallest absolute Gasteiger partial charge is 0.175 e. The van der Waals surface area contributed by atoms with E-state index in [1.807, 2.05) is 42.5 Å². The number of rotatable bonds is 0. The molecule has 2 N–H and O–H groups in total. The van der Waals surface area contributed by atoms with Gasteiger partial charge in [0.15, 0.2) is 4.77 Å². The van der Waals surface area contributed by atoms with Gasteiger partial charge >= 0.3 is 0 Å². The largest absolute Gasteiger partial charge is 0.331 e. The van der Waals surface area contributed by atoms with Crippen molar-refractivity contribution in [2.24, 2.45) is 0 Å². The van der Waals surface area contributed by atoms with Gasteiger partial charge in [-0.1, -0.05) is 41.6 Å². The number of fused-ring (bicyclic) bond motifs is 1. The average Bonchev–Trinajstić information content (AvgIpc) is 2.76. The molecule has 0 fully saturated rings. The Bertz CT molecular complexity index is 850. The van der Waals surface area contributed by atoms with Crippen LogP contribution in [-0.4, -0.2) is 9.97 Å². The summed E-state index contributed by atoms with van der Waals surface area (Å²) in [7, 11) is 0. The van der Waals surface area contributed by atoms with Crippen LogP contribution in [0, 0.1) is 16.6 Å². The summed E-state index contributed by atoms with van der Waals surface area (Å²) in [6, 6.07) is 13.5. The van der Waals surface area contributed by atoms with Gasteiger partial charge in [-0.2, -0.15) is 0 Å². The lowest BCUT2D eigenvalue weighted by Crippen LogP contribution is -1.80. The van der Waals surface area contributed by atoms with E-state index < -0.39 is 0 Å². The van der Waals surface area contributed by atoms with E-state index >= 15 is 0 Å². The van der Waals surface area contributed by atoms with E-state index in [4.69, 9.17) is 23.8 Å². The van der Waals surface area contributed by atoms with E-state index in [1.165, 1.54) is 0 Å². The Morgan fingerprint density at radius 3 is 2.37 bits per heavy atom. The van der Waals surface area contributed by atoms with Crippen molar-refractivity contribution in [3.8, 4) is 11.8 Å². The molecule has 0 saturated carbocycles. The van der Waals surface area contributed by atoms with Crippen LogP contribution in [0.15, 0.2) is 42.5 Å². The minimum atomic E-state index is 0.583. The predicted molar refractivity (Wildman–Crippen MR) is 80.9 cm³/mol. The molecule has 0 spiro atoms. The molecule has 2 aromatic carbocycles. The van der Waals surface area contributed by atoms with Crippen LogP contribution in [0.25, 0.3) is 11.0 Å². The van der Waals surface area contributed by atoms with Gasteiger partial charge in [0.1, 0.15) is 0 Å². The molecule has 2 nitrogen and oxygen atoms in total. The van der Waals surface area contributed by atoms with Gasteiger partial charge in [-0.05, 0) is 36.5 Å². The molecular formula is C15H9ClN2S. The monoisotopic (exact) mass is 284 g/mol. The highest BCUT2D eigenvalue weighted by Gasteiger charge is 2.02. The molecule has 0 aliphatic rings. The highest BCUT2D eigenvalue weighted by Crippen LogP contribution is 2.21. The van der Waals surface area contributed by atoms with E-state index in [2.05, 4.69) is 21.8 Å². The second-order valence-electron chi connectivity index (χ2n) is 4.07. The van der Waals surface area contributed by atoms with Crippen molar-refractivity contribution in [1.82, 2.24) is 9.97 Å². The van der Waals surface area contributed by atoms with Crippen LogP contribution in [0.4, 0.5) is 0 Å². The molecule has 0 saturated heterocycles. The van der Waals surface area contributed by atoms with Crippen LogP contribution in [0.2, 0.25) is 5.02 Å². The molecule has 1 heterocycles. The number of imidazole rings is 1. The van der Waals surface area contributed by atoms with E-state index in [0.717, 1.165) is 22.2 Å². The fraction of sp³-hybridized carbons (Fsp3) is 0. The second-order valence-corrected chi connectivity index (χ2v) is 4.89. The summed E-state index contributed by atoms with van der Waals surface area (Å²) in [6.45, 7) is 0. The molecule has 19 heavy (non-hydrogen) atoms. The Kier molecular flexibility index (Phi) is 3.12. The molecule has 3 aromatic rings. The van der Waals surface area contributed by atoms with Gasteiger partial charge in [-0.3, -0.25) is 0 Å². The SMILES string of the molecule is S=c1[nH]c2cc(Cl)c(C#Cc3ccccc3)cc2[nH]1. The fourth-order valence-corrected chi connectivity index (χ4v) is 2.24. The van der Waals surface area contributed by atoms with Crippen molar-refractivity contribution in [3.05, 3.63) is 63.4 Å². The van der Waals surface area contributed by atoms with E-state index in [-0.39, 0.29) is 0 Å². The Balaban J connectivity index is 2.08. The third-order valence-corrected chi connectivity index (χ3v) is 3.24. The quantitative estimate of drug-likeness (QED) is 0.469. The molecule has 0 aliphatic carbocycles. The highest BCUT2D eigenvalue weighted by atomic mass is 35.5. The minimum absolute atomic E-state index is 0.583. The van der Waals surface area contributed by atoms with Crippen LogP contribution in [0.3, 0.4) is 0 Å². The molecule has 0 amide bonds. The molecule has 92 valence electrons. The fourth-order valence-electron chi connectivity index (χ4n) is 1.81. The number of halogens is 1. The third-order valence-electron chi connectivity index (χ3n) is 2.72. The highest BCUT2D eigenvalue weighted by molar-refractivity contribution is 7.71. The maximum Gasteiger partial charge on any atom is 0.175 e. The summed E-state index contributed by atoms with van der Waals surface area (Å²) in [4.78, 5) is 6.08. The zero-order chi connectivity index (χ0) is 13.2. The summed E-state index contributed by atoms with van der Waals surface area (Å²) < 4.78 is 0.583. The zero-order valence-corrected chi connectivity index (χ0v) is 11.4. The zero-order valence-electron chi connectivity index (χ0n) is 9.83. The van der Waals surface area contributed by atoms with Gasteiger partial charge in [0.05, 0.1) is 16.1 Å². The van der Waals surface area contributed by atoms with Crippen LogP contribution < -0.4 is 0 Å². The van der Waals surface area contributed by atoms with Gasteiger partial charge < -0.3 is 9.97 Å². The van der Waals surface area contributed by atoms with Gasteiger partial charge in [-0.15, -0.1) is 0 Å². The molecule has 4 heteroatoms. The first-order chi connectivity index (χ1) is 9.22. The Hall–Kier alpha value is -2.02. The lowest BCUT2D eigenvalue weighted by atomic mass is 10.1. The molecule has 0 aliphatic heterocycles. The Morgan fingerprint density at radius 1 is 0.947 bits per heavy atom. The molecular weight excluding hydrogens is 276 g/mol. The van der Waals surface area contributed by atoms with Crippen molar-refractivity contribution in [1.29, 1.82) is 0 Å². The summed E-state index contributed by atoms with van der Waals surface area (Å²) >= 11 is 11.3. The van der Waals surface area contributed by atoms with Crippen molar-refractivity contribution < 1.29 is 0 Å². The topological polar surface area (TPSA) is 31.6 Å². The average molecular weight is 285 g/mol. The summed E-state index contributed by atoms with van der Waals surface area (Å²) in [5.74, 6) is 6.17. The maximum atomic E-state index is 6.21. The molecule has 0 bridgehead atoms. The Labute approximate surface area is 120 Å². The number of hydrogen-bond acceptors (Lipinski definition) is 1. The predicted octanol–water partition coefficient (Wildman–Crippen LogP) is 4.28. The first-order valence-corrected chi connectivity index (χ1v) is 6.49. The van der Waals surface area contributed by atoms with Crippen LogP contribution >= 0.6 is 23.8 Å². The van der Waals surface area contributed by atoms with Crippen LogP contribution in [-0.2, 0) is 0 Å². The lowest BCUT2D eigenvalue weighted by molar-refractivity contribution is 1.30. The summed E-state index contributed by atoms with van der Waals surface area (Å²) in [5.41, 5.74) is 3.54. The first-order valence-electron chi connectivity index (χ1n) is 5.71. The van der Waals surface area contributed by atoms with Crippen molar-refractivity contribution in [2.75, 3.05) is 0 Å².